The molecule has 9 nitrogen and oxygen atoms in total. The standard InChI is InChI=1S/C26H25N7O2/c1-28-15-22(34)31-18-9-11-19(12-10-18)33-26-23(25(27)29-16-30-26)24(32-33)17-7-13-21(14-8-17)35-20-5-3-2-4-6-20/h2-8,13-14,16,18-19H,9-12,15H2,(H,31,34)(H2,27,29,30). The van der Waals surface area contributed by atoms with E-state index < -0.39 is 0 Å². The SMILES string of the molecule is [C-]#[N+]CC(=O)NC1CCC(n2nc(-c3ccc(Oc4ccccc4)cc3)c3c(N)ncnc32)CC1. The van der Waals surface area contributed by atoms with Gasteiger partial charge >= 0.3 is 0 Å². The van der Waals surface area contributed by atoms with Gasteiger partial charge in [-0.2, -0.15) is 5.10 Å². The first-order valence-corrected chi connectivity index (χ1v) is 11.6. The first-order valence-electron chi connectivity index (χ1n) is 11.6. The third-order valence-corrected chi connectivity index (χ3v) is 6.26. The summed E-state index contributed by atoms with van der Waals surface area (Å²) in [7, 11) is 0. The largest absolute Gasteiger partial charge is 0.457 e. The summed E-state index contributed by atoms with van der Waals surface area (Å²) in [6, 6.07) is 17.6. The Morgan fingerprint density at radius 2 is 1.77 bits per heavy atom. The maximum absolute atomic E-state index is 11.8. The number of nitrogen functional groups attached to an aromatic ring is 1. The summed E-state index contributed by atoms with van der Waals surface area (Å²) in [5.74, 6) is 1.68. The second-order valence-corrected chi connectivity index (χ2v) is 8.58. The molecule has 9 heteroatoms. The van der Waals surface area contributed by atoms with E-state index in [9.17, 15) is 4.79 Å². The Balaban J connectivity index is 1.39. The number of hydrogen-bond donors (Lipinski definition) is 2. The van der Waals surface area contributed by atoms with E-state index >= 15 is 0 Å². The summed E-state index contributed by atoms with van der Waals surface area (Å²) in [4.78, 5) is 23.6. The van der Waals surface area contributed by atoms with Crippen molar-refractivity contribution in [3.63, 3.8) is 0 Å². The highest BCUT2D eigenvalue weighted by molar-refractivity contribution is 5.98. The number of carbonyl (C=O) groups excluding carboxylic acids is 1. The second-order valence-electron chi connectivity index (χ2n) is 8.58. The number of anilines is 1. The zero-order chi connectivity index (χ0) is 24.2. The van der Waals surface area contributed by atoms with Crippen LogP contribution >= 0.6 is 0 Å². The minimum Gasteiger partial charge on any atom is -0.457 e. The van der Waals surface area contributed by atoms with E-state index in [2.05, 4.69) is 20.1 Å². The number of carbonyl (C=O) groups is 1. The topological polar surface area (TPSA) is 112 Å². The van der Waals surface area contributed by atoms with E-state index in [-0.39, 0.29) is 24.5 Å². The molecule has 35 heavy (non-hydrogen) atoms. The predicted molar refractivity (Wildman–Crippen MR) is 133 cm³/mol. The Hall–Kier alpha value is -4.45. The molecule has 1 aliphatic rings. The molecule has 5 rings (SSSR count). The van der Waals surface area contributed by atoms with Gasteiger partial charge in [0.25, 0.3) is 12.5 Å². The van der Waals surface area contributed by atoms with Crippen molar-refractivity contribution in [2.75, 3.05) is 12.3 Å². The van der Waals surface area contributed by atoms with Crippen LogP contribution in [0.3, 0.4) is 0 Å². The van der Waals surface area contributed by atoms with Crippen molar-refractivity contribution in [3.05, 3.63) is 72.3 Å². The lowest BCUT2D eigenvalue weighted by molar-refractivity contribution is -0.120. The molecule has 0 radical (unpaired) electrons. The monoisotopic (exact) mass is 467 g/mol. The maximum Gasteiger partial charge on any atom is 0.300 e. The van der Waals surface area contributed by atoms with Crippen molar-refractivity contribution in [1.29, 1.82) is 0 Å². The fourth-order valence-corrected chi connectivity index (χ4v) is 4.57. The van der Waals surface area contributed by atoms with Gasteiger partial charge < -0.3 is 20.6 Å². The normalized spacial score (nSPS) is 17.6. The van der Waals surface area contributed by atoms with E-state index in [1.807, 2.05) is 59.3 Å². The number of para-hydroxylation sites is 1. The number of fused-ring (bicyclic) bond motifs is 1. The van der Waals surface area contributed by atoms with Gasteiger partial charge in [-0.15, -0.1) is 0 Å². The van der Waals surface area contributed by atoms with Crippen LogP contribution in [0.15, 0.2) is 60.9 Å². The molecule has 2 aromatic carbocycles. The van der Waals surface area contributed by atoms with Crippen molar-refractivity contribution < 1.29 is 9.53 Å². The molecule has 0 bridgehead atoms. The van der Waals surface area contributed by atoms with E-state index in [0.717, 1.165) is 53.8 Å². The molecule has 2 aromatic heterocycles. The third-order valence-electron chi connectivity index (χ3n) is 6.26. The first-order chi connectivity index (χ1) is 17.1. The Morgan fingerprint density at radius 3 is 2.49 bits per heavy atom. The fraction of sp³-hybridized carbons (Fsp3) is 0.269. The van der Waals surface area contributed by atoms with Gasteiger partial charge in [-0.3, -0.25) is 4.79 Å². The molecule has 0 unspecified atom stereocenters. The second kappa shape index (κ2) is 9.81. The lowest BCUT2D eigenvalue weighted by atomic mass is 9.91. The van der Waals surface area contributed by atoms with Gasteiger partial charge in [-0.1, -0.05) is 18.2 Å². The quantitative estimate of drug-likeness (QED) is 0.407. The summed E-state index contributed by atoms with van der Waals surface area (Å²) in [6.07, 6.45) is 4.78. The predicted octanol–water partition coefficient (Wildman–Crippen LogP) is 4.39. The van der Waals surface area contributed by atoms with Crippen LogP contribution in [0, 0.1) is 6.57 Å². The van der Waals surface area contributed by atoms with E-state index in [1.165, 1.54) is 6.33 Å². The highest BCUT2D eigenvalue weighted by Gasteiger charge is 2.28. The number of amides is 1. The minimum atomic E-state index is -0.213. The Labute approximate surface area is 202 Å². The van der Waals surface area contributed by atoms with Crippen LogP contribution in [-0.2, 0) is 4.79 Å². The number of hydrogen-bond acceptors (Lipinski definition) is 6. The van der Waals surface area contributed by atoms with E-state index in [1.54, 1.807) is 0 Å². The first kappa shape index (κ1) is 22.3. The number of nitrogens with two attached hydrogens (primary N) is 1. The van der Waals surface area contributed by atoms with Gasteiger partial charge in [0.1, 0.15) is 29.3 Å². The average Bonchev–Trinajstić information content (AvgIpc) is 3.27. The zero-order valence-corrected chi connectivity index (χ0v) is 19.1. The van der Waals surface area contributed by atoms with Gasteiger partial charge in [0.05, 0.1) is 11.4 Å². The Kier molecular flexibility index (Phi) is 6.26. The van der Waals surface area contributed by atoms with Gasteiger partial charge in [-0.05, 0) is 62.1 Å². The summed E-state index contributed by atoms with van der Waals surface area (Å²) in [5, 5.41) is 8.62. The third kappa shape index (κ3) is 4.77. The molecule has 3 N–H and O–H groups in total. The molecule has 2 heterocycles. The molecule has 0 atom stereocenters. The van der Waals surface area contributed by atoms with Crippen molar-refractivity contribution >= 4 is 22.8 Å². The Bertz CT molecular complexity index is 1370. The molecule has 0 saturated heterocycles. The molecule has 1 fully saturated rings. The number of aromatic nitrogens is 4. The lowest BCUT2D eigenvalue weighted by Gasteiger charge is -2.29. The average molecular weight is 468 g/mol. The number of benzene rings is 2. The molecular weight excluding hydrogens is 442 g/mol. The van der Waals surface area contributed by atoms with E-state index in [0.29, 0.717) is 11.5 Å². The van der Waals surface area contributed by atoms with Crippen LogP contribution in [0.1, 0.15) is 31.7 Å². The number of ether oxygens (including phenoxy) is 1. The molecular formula is C26H25N7O2. The molecule has 1 amide bonds. The molecule has 0 aliphatic heterocycles. The van der Waals surface area contributed by atoms with Gasteiger partial charge in [0, 0.05) is 11.6 Å². The van der Waals surface area contributed by atoms with Crippen LogP contribution in [-0.4, -0.2) is 38.2 Å². The van der Waals surface area contributed by atoms with Crippen LogP contribution in [0.4, 0.5) is 5.82 Å². The summed E-state index contributed by atoms with van der Waals surface area (Å²) in [5.41, 5.74) is 8.61. The van der Waals surface area contributed by atoms with Crippen molar-refractivity contribution in [1.82, 2.24) is 25.1 Å². The number of nitrogens with zero attached hydrogens (tertiary/aromatic N) is 5. The van der Waals surface area contributed by atoms with Crippen molar-refractivity contribution in [2.45, 2.75) is 37.8 Å². The molecule has 1 saturated carbocycles. The number of rotatable bonds is 6. The van der Waals surface area contributed by atoms with Gasteiger partial charge in [0.2, 0.25) is 0 Å². The van der Waals surface area contributed by atoms with Crippen molar-refractivity contribution in [2.24, 2.45) is 0 Å². The molecule has 4 aromatic rings. The van der Waals surface area contributed by atoms with Crippen LogP contribution in [0.2, 0.25) is 0 Å². The summed E-state index contributed by atoms with van der Waals surface area (Å²) >= 11 is 0. The van der Waals surface area contributed by atoms with E-state index in [4.69, 9.17) is 22.1 Å². The van der Waals surface area contributed by atoms with Crippen LogP contribution in [0.5, 0.6) is 11.5 Å². The van der Waals surface area contributed by atoms with Gasteiger partial charge in [0.15, 0.2) is 5.65 Å². The highest BCUT2D eigenvalue weighted by atomic mass is 16.5. The lowest BCUT2D eigenvalue weighted by Crippen LogP contribution is -2.39. The maximum atomic E-state index is 11.8. The molecule has 0 spiro atoms. The smallest absolute Gasteiger partial charge is 0.300 e. The Morgan fingerprint density at radius 1 is 1.06 bits per heavy atom. The summed E-state index contributed by atoms with van der Waals surface area (Å²) < 4.78 is 7.86. The molecule has 176 valence electrons. The zero-order valence-electron chi connectivity index (χ0n) is 19.1. The highest BCUT2D eigenvalue weighted by Crippen LogP contribution is 2.36. The van der Waals surface area contributed by atoms with Crippen molar-refractivity contribution in [3.8, 4) is 22.8 Å². The molecule has 1 aliphatic carbocycles. The minimum absolute atomic E-state index is 0.0821. The summed E-state index contributed by atoms with van der Waals surface area (Å²) in [6.45, 7) is 6.72. The number of nitrogens with one attached hydrogen (secondary N) is 1. The van der Waals surface area contributed by atoms with Gasteiger partial charge in [-0.25, -0.2) is 21.2 Å². The van der Waals surface area contributed by atoms with Crippen LogP contribution < -0.4 is 15.8 Å². The van der Waals surface area contributed by atoms with Crippen LogP contribution in [0.25, 0.3) is 27.1 Å². The fourth-order valence-electron chi connectivity index (χ4n) is 4.57.